The topological polar surface area (TPSA) is 69.1 Å². The second-order valence-corrected chi connectivity index (χ2v) is 6.14. The highest BCUT2D eigenvalue weighted by molar-refractivity contribution is 6.06. The van der Waals surface area contributed by atoms with Crippen LogP contribution in [0.2, 0.25) is 0 Å². The van der Waals surface area contributed by atoms with Gasteiger partial charge in [-0.1, -0.05) is 5.16 Å². The van der Waals surface area contributed by atoms with Crippen molar-refractivity contribution in [3.63, 3.8) is 0 Å². The molecule has 6 heteroatoms. The van der Waals surface area contributed by atoms with Crippen LogP contribution in [0.5, 0.6) is 11.5 Å². The number of oxime groups is 1. The van der Waals surface area contributed by atoms with Crippen LogP contribution >= 0.6 is 0 Å². The van der Waals surface area contributed by atoms with E-state index >= 15 is 0 Å². The molecule has 1 aliphatic rings. The first-order valence-electron chi connectivity index (χ1n) is 7.11. The molecule has 0 aromatic heterocycles. The van der Waals surface area contributed by atoms with Crippen LogP contribution in [-0.2, 0) is 9.63 Å². The van der Waals surface area contributed by atoms with Crippen molar-refractivity contribution in [1.29, 1.82) is 0 Å². The van der Waals surface area contributed by atoms with E-state index in [0.29, 0.717) is 23.6 Å². The summed E-state index contributed by atoms with van der Waals surface area (Å²) in [5.41, 5.74) is 1.13. The Morgan fingerprint density at radius 2 is 2.05 bits per heavy atom. The van der Waals surface area contributed by atoms with Crippen LogP contribution in [0.4, 0.5) is 0 Å². The van der Waals surface area contributed by atoms with Crippen LogP contribution < -0.4 is 14.8 Å². The third-order valence-electron chi connectivity index (χ3n) is 3.18. The van der Waals surface area contributed by atoms with E-state index in [-0.39, 0.29) is 11.4 Å². The molecule has 0 radical (unpaired) electrons. The molecule has 0 aliphatic carbocycles. The molecule has 1 aromatic carbocycles. The highest BCUT2D eigenvalue weighted by Gasteiger charge is 2.32. The Labute approximate surface area is 130 Å². The Hall–Kier alpha value is -2.24. The Morgan fingerprint density at radius 1 is 1.32 bits per heavy atom. The number of amides is 1. The lowest BCUT2D eigenvalue weighted by molar-refractivity contribution is -0.132. The molecule has 22 heavy (non-hydrogen) atoms. The molecule has 120 valence electrons. The van der Waals surface area contributed by atoms with Crippen molar-refractivity contribution in [2.45, 2.75) is 38.8 Å². The van der Waals surface area contributed by atoms with E-state index in [9.17, 15) is 4.79 Å². The minimum Gasteiger partial charge on any atom is -0.497 e. The maximum atomic E-state index is 12.2. The van der Waals surface area contributed by atoms with Crippen LogP contribution in [0.25, 0.3) is 0 Å². The molecule has 2 rings (SSSR count). The largest absolute Gasteiger partial charge is 0.497 e. The standard InChI is InChI=1S/C16H22N2O4/c1-16(2,3)17-15(19)14-9-12(18-22-14)11-8-10(20-4)6-7-13(11)21-5/h6-8,14H,9H2,1-5H3,(H,17,19)/t14-/m1/s1. The Bertz CT molecular complexity index is 590. The lowest BCUT2D eigenvalue weighted by atomic mass is 10.0. The number of nitrogens with one attached hydrogen (secondary N) is 1. The lowest BCUT2D eigenvalue weighted by Gasteiger charge is -2.22. The van der Waals surface area contributed by atoms with Gasteiger partial charge in [-0.15, -0.1) is 0 Å². The minimum atomic E-state index is -0.620. The number of hydrogen-bond donors (Lipinski definition) is 1. The van der Waals surface area contributed by atoms with Crippen LogP contribution in [0, 0.1) is 0 Å². The first-order valence-corrected chi connectivity index (χ1v) is 7.11. The summed E-state index contributed by atoms with van der Waals surface area (Å²) >= 11 is 0. The number of carbonyl (C=O) groups is 1. The third kappa shape index (κ3) is 3.69. The number of benzene rings is 1. The molecule has 0 unspecified atom stereocenters. The van der Waals surface area contributed by atoms with Crippen LogP contribution in [0.15, 0.2) is 23.4 Å². The number of rotatable bonds is 4. The van der Waals surface area contributed by atoms with Crippen molar-refractivity contribution >= 4 is 11.6 Å². The summed E-state index contributed by atoms with van der Waals surface area (Å²) < 4.78 is 10.6. The maximum Gasteiger partial charge on any atom is 0.264 e. The van der Waals surface area contributed by atoms with E-state index in [1.54, 1.807) is 20.3 Å². The number of ether oxygens (including phenoxy) is 2. The normalized spacial score (nSPS) is 17.5. The zero-order valence-electron chi connectivity index (χ0n) is 13.6. The van der Waals surface area contributed by atoms with Crippen LogP contribution in [-0.4, -0.2) is 37.5 Å². The van der Waals surface area contributed by atoms with E-state index in [2.05, 4.69) is 10.5 Å². The van der Waals surface area contributed by atoms with Gasteiger partial charge in [-0.3, -0.25) is 4.79 Å². The van der Waals surface area contributed by atoms with Gasteiger partial charge in [-0.25, -0.2) is 0 Å². The SMILES string of the molecule is COc1ccc(OC)c(C2=NO[C@@H](C(=O)NC(C)(C)C)C2)c1. The summed E-state index contributed by atoms with van der Waals surface area (Å²) in [6.07, 6.45) is -0.226. The zero-order chi connectivity index (χ0) is 16.3. The molecule has 1 aromatic rings. The number of hydrogen-bond acceptors (Lipinski definition) is 5. The molecule has 0 saturated heterocycles. The summed E-state index contributed by atoms with van der Waals surface area (Å²) in [6.45, 7) is 5.77. The minimum absolute atomic E-state index is 0.173. The average Bonchev–Trinajstić information content (AvgIpc) is 2.94. The molecule has 1 aliphatic heterocycles. The van der Waals surface area contributed by atoms with E-state index in [1.165, 1.54) is 0 Å². The fourth-order valence-electron chi connectivity index (χ4n) is 2.17. The zero-order valence-corrected chi connectivity index (χ0v) is 13.6. The molecule has 6 nitrogen and oxygen atoms in total. The smallest absolute Gasteiger partial charge is 0.264 e. The molecule has 1 amide bonds. The number of methoxy groups -OCH3 is 2. The fourth-order valence-corrected chi connectivity index (χ4v) is 2.17. The van der Waals surface area contributed by atoms with Gasteiger partial charge >= 0.3 is 0 Å². The summed E-state index contributed by atoms with van der Waals surface area (Å²) in [7, 11) is 3.18. The summed E-state index contributed by atoms with van der Waals surface area (Å²) in [6, 6.07) is 5.44. The van der Waals surface area contributed by atoms with Crippen molar-refractivity contribution in [2.75, 3.05) is 14.2 Å². The predicted molar refractivity (Wildman–Crippen MR) is 83.5 cm³/mol. The van der Waals surface area contributed by atoms with Crippen LogP contribution in [0.3, 0.4) is 0 Å². The first kappa shape index (κ1) is 16.1. The van der Waals surface area contributed by atoms with Crippen molar-refractivity contribution in [3.05, 3.63) is 23.8 Å². The number of nitrogens with zero attached hydrogens (tertiary/aromatic N) is 1. The second kappa shape index (κ2) is 6.25. The van der Waals surface area contributed by atoms with E-state index in [1.807, 2.05) is 32.9 Å². The molecule has 0 saturated carbocycles. The number of carbonyl (C=O) groups excluding carboxylic acids is 1. The molecule has 1 atom stereocenters. The first-order chi connectivity index (χ1) is 10.3. The average molecular weight is 306 g/mol. The predicted octanol–water partition coefficient (Wildman–Crippen LogP) is 2.11. The summed E-state index contributed by atoms with van der Waals surface area (Å²) in [5.74, 6) is 1.19. The van der Waals surface area contributed by atoms with Gasteiger partial charge in [0.1, 0.15) is 11.5 Å². The molecule has 1 N–H and O–H groups in total. The van der Waals surface area contributed by atoms with Crippen molar-refractivity contribution < 1.29 is 19.1 Å². The molecule has 0 bridgehead atoms. The Balaban J connectivity index is 2.14. The van der Waals surface area contributed by atoms with Gasteiger partial charge in [0.15, 0.2) is 0 Å². The summed E-state index contributed by atoms with van der Waals surface area (Å²) in [5, 5.41) is 6.93. The molecule has 0 spiro atoms. The highest BCUT2D eigenvalue weighted by atomic mass is 16.6. The van der Waals surface area contributed by atoms with Crippen molar-refractivity contribution in [3.8, 4) is 11.5 Å². The third-order valence-corrected chi connectivity index (χ3v) is 3.18. The maximum absolute atomic E-state index is 12.2. The highest BCUT2D eigenvalue weighted by Crippen LogP contribution is 2.28. The Morgan fingerprint density at radius 3 is 2.64 bits per heavy atom. The molecule has 0 fully saturated rings. The van der Waals surface area contributed by atoms with Crippen LogP contribution in [0.1, 0.15) is 32.8 Å². The van der Waals surface area contributed by atoms with Gasteiger partial charge in [0.25, 0.3) is 5.91 Å². The van der Waals surface area contributed by atoms with Gasteiger partial charge in [0.2, 0.25) is 6.10 Å². The monoisotopic (exact) mass is 306 g/mol. The molecular weight excluding hydrogens is 284 g/mol. The summed E-state index contributed by atoms with van der Waals surface area (Å²) in [4.78, 5) is 17.4. The van der Waals surface area contributed by atoms with Gasteiger partial charge in [-0.2, -0.15) is 0 Å². The molecule has 1 heterocycles. The van der Waals surface area contributed by atoms with E-state index in [4.69, 9.17) is 14.3 Å². The van der Waals surface area contributed by atoms with Gasteiger partial charge in [-0.05, 0) is 39.0 Å². The van der Waals surface area contributed by atoms with E-state index in [0.717, 1.165) is 5.56 Å². The second-order valence-electron chi connectivity index (χ2n) is 6.14. The van der Waals surface area contributed by atoms with Gasteiger partial charge in [0, 0.05) is 17.5 Å². The lowest BCUT2D eigenvalue weighted by Crippen LogP contribution is -2.45. The quantitative estimate of drug-likeness (QED) is 0.925. The van der Waals surface area contributed by atoms with Gasteiger partial charge in [0.05, 0.1) is 19.9 Å². The van der Waals surface area contributed by atoms with E-state index < -0.39 is 6.10 Å². The van der Waals surface area contributed by atoms with Crippen molar-refractivity contribution in [2.24, 2.45) is 5.16 Å². The Kier molecular flexibility index (Phi) is 4.59. The van der Waals surface area contributed by atoms with Gasteiger partial charge < -0.3 is 19.6 Å². The fraction of sp³-hybridized carbons (Fsp3) is 0.500. The van der Waals surface area contributed by atoms with Crippen molar-refractivity contribution in [1.82, 2.24) is 5.32 Å². The molecular formula is C16H22N2O4.